The predicted molar refractivity (Wildman–Crippen MR) is 78.2 cm³/mol. The molecular weight excluding hydrogens is 254 g/mol. The van der Waals surface area contributed by atoms with E-state index >= 15 is 0 Å². The fraction of sp³-hybridized carbons (Fsp3) is 0.812. The van der Waals surface area contributed by atoms with Crippen LogP contribution in [0.5, 0.6) is 0 Å². The Hall–Kier alpha value is -1.19. The molecule has 0 bridgehead atoms. The van der Waals surface area contributed by atoms with Gasteiger partial charge in [-0.1, -0.05) is 27.2 Å². The standard InChI is InChI=1S/C16H27NO3/c1-11(2)8-12(3)16(20)17-14(10-18)9-13-6-4-5-7-15(13)19/h10-14H,4-9H2,1-3H3,(H,17,20)/t12-,13-,14-/m0/s1. The maximum Gasteiger partial charge on any atom is 0.223 e. The average molecular weight is 281 g/mol. The second-order valence-corrected chi connectivity index (χ2v) is 6.43. The van der Waals surface area contributed by atoms with Gasteiger partial charge >= 0.3 is 0 Å². The number of ketones is 1. The van der Waals surface area contributed by atoms with Gasteiger partial charge in [0.15, 0.2) is 0 Å². The summed E-state index contributed by atoms with van der Waals surface area (Å²) in [5, 5.41) is 2.78. The van der Waals surface area contributed by atoms with Crippen molar-refractivity contribution < 1.29 is 14.4 Å². The summed E-state index contributed by atoms with van der Waals surface area (Å²) < 4.78 is 0. The lowest BCUT2D eigenvalue weighted by molar-refractivity contribution is -0.129. The van der Waals surface area contributed by atoms with E-state index < -0.39 is 6.04 Å². The summed E-state index contributed by atoms with van der Waals surface area (Å²) in [6, 6.07) is -0.524. The second kappa shape index (κ2) is 8.18. The maximum absolute atomic E-state index is 12.0. The molecule has 1 N–H and O–H groups in total. The molecule has 1 rings (SSSR count). The first kappa shape index (κ1) is 16.9. The molecule has 0 aromatic carbocycles. The minimum Gasteiger partial charge on any atom is -0.346 e. The van der Waals surface area contributed by atoms with Crippen LogP contribution in [0.3, 0.4) is 0 Å². The van der Waals surface area contributed by atoms with Crippen molar-refractivity contribution in [3.05, 3.63) is 0 Å². The molecule has 4 heteroatoms. The molecule has 1 aliphatic rings. The SMILES string of the molecule is CC(C)C[C@H](C)C(=O)N[C@H](C=O)C[C@@H]1CCCCC1=O. The molecule has 0 heterocycles. The summed E-state index contributed by atoms with van der Waals surface area (Å²) in [4.78, 5) is 34.9. The molecule has 1 saturated carbocycles. The van der Waals surface area contributed by atoms with Crippen LogP contribution in [-0.4, -0.2) is 24.0 Å². The lowest BCUT2D eigenvalue weighted by Gasteiger charge is -2.24. The van der Waals surface area contributed by atoms with E-state index in [-0.39, 0.29) is 23.5 Å². The van der Waals surface area contributed by atoms with Gasteiger partial charge in [0.1, 0.15) is 12.1 Å². The number of hydrogen-bond acceptors (Lipinski definition) is 3. The Morgan fingerprint density at radius 3 is 2.60 bits per heavy atom. The minimum atomic E-state index is -0.524. The van der Waals surface area contributed by atoms with Gasteiger partial charge in [-0.3, -0.25) is 9.59 Å². The number of Topliss-reactive ketones (excluding diaryl/α,β-unsaturated/α-hetero) is 1. The molecule has 0 aromatic heterocycles. The molecule has 0 aromatic rings. The average Bonchev–Trinajstić information content (AvgIpc) is 2.39. The van der Waals surface area contributed by atoms with Crippen LogP contribution in [0.1, 0.15) is 59.3 Å². The van der Waals surface area contributed by atoms with Crippen molar-refractivity contribution in [2.24, 2.45) is 17.8 Å². The van der Waals surface area contributed by atoms with Crippen molar-refractivity contribution in [2.75, 3.05) is 0 Å². The van der Waals surface area contributed by atoms with Crippen molar-refractivity contribution in [2.45, 2.75) is 65.3 Å². The van der Waals surface area contributed by atoms with Crippen molar-refractivity contribution in [3.63, 3.8) is 0 Å². The van der Waals surface area contributed by atoms with Crippen molar-refractivity contribution in [3.8, 4) is 0 Å². The number of carbonyl (C=O) groups excluding carboxylic acids is 3. The van der Waals surface area contributed by atoms with E-state index in [1.54, 1.807) is 0 Å². The molecule has 0 saturated heterocycles. The lowest BCUT2D eigenvalue weighted by Crippen LogP contribution is -2.41. The van der Waals surface area contributed by atoms with Crippen molar-refractivity contribution in [1.29, 1.82) is 0 Å². The zero-order chi connectivity index (χ0) is 15.1. The highest BCUT2D eigenvalue weighted by Gasteiger charge is 2.27. The van der Waals surface area contributed by atoms with Crippen LogP contribution in [0.15, 0.2) is 0 Å². The Morgan fingerprint density at radius 1 is 1.35 bits per heavy atom. The lowest BCUT2D eigenvalue weighted by atomic mass is 9.84. The first-order valence-electron chi connectivity index (χ1n) is 7.72. The molecule has 4 nitrogen and oxygen atoms in total. The Morgan fingerprint density at radius 2 is 2.05 bits per heavy atom. The molecule has 0 aliphatic heterocycles. The summed E-state index contributed by atoms with van der Waals surface area (Å²) in [7, 11) is 0. The summed E-state index contributed by atoms with van der Waals surface area (Å²) in [6.07, 6.45) is 5.50. The normalized spacial score (nSPS) is 22.4. The fourth-order valence-electron chi connectivity index (χ4n) is 2.90. The van der Waals surface area contributed by atoms with Crippen LogP contribution in [0.25, 0.3) is 0 Å². The molecule has 114 valence electrons. The molecule has 20 heavy (non-hydrogen) atoms. The number of amides is 1. The zero-order valence-corrected chi connectivity index (χ0v) is 12.9. The van der Waals surface area contributed by atoms with Crippen LogP contribution in [0, 0.1) is 17.8 Å². The van der Waals surface area contributed by atoms with Gasteiger partial charge < -0.3 is 10.1 Å². The van der Waals surface area contributed by atoms with Crippen LogP contribution in [0.2, 0.25) is 0 Å². The Balaban J connectivity index is 2.47. The minimum absolute atomic E-state index is 0.0559. The van der Waals surface area contributed by atoms with Crippen LogP contribution in [0.4, 0.5) is 0 Å². The number of nitrogens with one attached hydrogen (secondary N) is 1. The first-order chi connectivity index (χ1) is 9.43. The Labute approximate surface area is 121 Å². The summed E-state index contributed by atoms with van der Waals surface area (Å²) in [5.41, 5.74) is 0. The molecule has 3 atom stereocenters. The monoisotopic (exact) mass is 281 g/mol. The topological polar surface area (TPSA) is 63.2 Å². The summed E-state index contributed by atoms with van der Waals surface area (Å²) in [6.45, 7) is 6.02. The third-order valence-corrected chi connectivity index (χ3v) is 3.98. The van der Waals surface area contributed by atoms with E-state index in [0.717, 1.165) is 32.0 Å². The third kappa shape index (κ3) is 5.43. The molecule has 1 fully saturated rings. The van der Waals surface area contributed by atoms with Crippen LogP contribution in [-0.2, 0) is 14.4 Å². The van der Waals surface area contributed by atoms with Gasteiger partial charge in [-0.25, -0.2) is 0 Å². The van der Waals surface area contributed by atoms with E-state index in [0.29, 0.717) is 18.8 Å². The Kier molecular flexibility index (Phi) is 6.89. The molecule has 0 radical (unpaired) electrons. The molecule has 0 spiro atoms. The number of aldehydes is 1. The number of carbonyl (C=O) groups is 3. The highest BCUT2D eigenvalue weighted by atomic mass is 16.2. The molecule has 1 amide bonds. The zero-order valence-electron chi connectivity index (χ0n) is 12.9. The van der Waals surface area contributed by atoms with Crippen molar-refractivity contribution in [1.82, 2.24) is 5.32 Å². The highest BCUT2D eigenvalue weighted by Crippen LogP contribution is 2.24. The third-order valence-electron chi connectivity index (χ3n) is 3.98. The summed E-state index contributed by atoms with van der Waals surface area (Å²) in [5.74, 6) is 0.455. The van der Waals surface area contributed by atoms with Crippen LogP contribution < -0.4 is 5.32 Å². The number of rotatable bonds is 7. The van der Waals surface area contributed by atoms with Gasteiger partial charge in [0.05, 0.1) is 6.04 Å². The summed E-state index contributed by atoms with van der Waals surface area (Å²) >= 11 is 0. The van der Waals surface area contributed by atoms with E-state index in [4.69, 9.17) is 0 Å². The van der Waals surface area contributed by atoms with Gasteiger partial charge in [0, 0.05) is 18.3 Å². The fourth-order valence-corrected chi connectivity index (χ4v) is 2.90. The number of hydrogen-bond donors (Lipinski definition) is 1. The van der Waals surface area contributed by atoms with E-state index in [1.165, 1.54) is 0 Å². The maximum atomic E-state index is 12.0. The molecule has 0 unspecified atom stereocenters. The largest absolute Gasteiger partial charge is 0.346 e. The van der Waals surface area contributed by atoms with Crippen molar-refractivity contribution >= 4 is 18.0 Å². The Bertz CT molecular complexity index is 352. The predicted octanol–water partition coefficient (Wildman–Crippen LogP) is 2.50. The first-order valence-corrected chi connectivity index (χ1v) is 7.72. The van der Waals surface area contributed by atoms with Gasteiger partial charge in [0.2, 0.25) is 5.91 Å². The quantitative estimate of drug-likeness (QED) is 0.729. The van der Waals surface area contributed by atoms with E-state index in [1.807, 2.05) is 6.92 Å². The molecular formula is C16H27NO3. The van der Waals surface area contributed by atoms with Crippen LogP contribution >= 0.6 is 0 Å². The van der Waals surface area contributed by atoms with E-state index in [2.05, 4.69) is 19.2 Å². The van der Waals surface area contributed by atoms with Gasteiger partial charge in [-0.05, 0) is 31.6 Å². The smallest absolute Gasteiger partial charge is 0.223 e. The van der Waals surface area contributed by atoms with Gasteiger partial charge in [0.25, 0.3) is 0 Å². The second-order valence-electron chi connectivity index (χ2n) is 6.43. The van der Waals surface area contributed by atoms with Gasteiger partial charge in [-0.15, -0.1) is 0 Å². The van der Waals surface area contributed by atoms with Gasteiger partial charge in [-0.2, -0.15) is 0 Å². The highest BCUT2D eigenvalue weighted by molar-refractivity contribution is 5.84. The molecule has 1 aliphatic carbocycles. The van der Waals surface area contributed by atoms with E-state index in [9.17, 15) is 14.4 Å².